The molecule has 1 rings (SSSR count). The molecule has 0 saturated heterocycles. The van der Waals surface area contributed by atoms with Crippen LogP contribution in [0.15, 0.2) is 18.2 Å². The summed E-state index contributed by atoms with van der Waals surface area (Å²) < 4.78 is 5.50. The lowest BCUT2D eigenvalue weighted by Crippen LogP contribution is -2.26. The number of hydrogen-bond donors (Lipinski definition) is 1. The minimum atomic E-state index is 0.457. The molecule has 0 atom stereocenters. The smallest absolute Gasteiger partial charge is 0.0746 e. The number of hydrogen-bond acceptors (Lipinski definition) is 2. The molecule has 0 saturated carbocycles. The van der Waals surface area contributed by atoms with E-state index in [9.17, 15) is 0 Å². The maximum absolute atomic E-state index is 6.01. The van der Waals surface area contributed by atoms with Gasteiger partial charge in [-0.25, -0.2) is 0 Å². The SMILES string of the molecule is CC(C)NCCOCc1c(Cl)cccc1Cl. The topological polar surface area (TPSA) is 21.3 Å². The van der Waals surface area contributed by atoms with Gasteiger partial charge in [-0.05, 0) is 12.1 Å². The molecule has 0 aliphatic carbocycles. The predicted octanol–water partition coefficient (Wildman–Crippen LogP) is 3.51. The van der Waals surface area contributed by atoms with Gasteiger partial charge < -0.3 is 10.1 Å². The number of rotatable bonds is 6. The maximum atomic E-state index is 6.01. The fraction of sp³-hybridized carbons (Fsp3) is 0.500. The Morgan fingerprint density at radius 1 is 1.25 bits per heavy atom. The lowest BCUT2D eigenvalue weighted by Gasteiger charge is -2.10. The molecule has 1 aromatic rings. The molecule has 0 radical (unpaired) electrons. The molecule has 0 aliphatic rings. The van der Waals surface area contributed by atoms with E-state index in [-0.39, 0.29) is 0 Å². The summed E-state index contributed by atoms with van der Waals surface area (Å²) in [6, 6.07) is 5.94. The highest BCUT2D eigenvalue weighted by Crippen LogP contribution is 2.24. The summed E-state index contributed by atoms with van der Waals surface area (Å²) in [7, 11) is 0. The molecule has 0 unspecified atom stereocenters. The van der Waals surface area contributed by atoms with Crippen LogP contribution < -0.4 is 5.32 Å². The van der Waals surface area contributed by atoms with Gasteiger partial charge in [-0.1, -0.05) is 43.1 Å². The van der Waals surface area contributed by atoms with Crippen molar-refractivity contribution in [3.63, 3.8) is 0 Å². The average molecular weight is 262 g/mol. The van der Waals surface area contributed by atoms with E-state index in [1.165, 1.54) is 0 Å². The minimum Gasteiger partial charge on any atom is -0.375 e. The molecule has 1 N–H and O–H groups in total. The largest absolute Gasteiger partial charge is 0.375 e. The molecule has 2 nitrogen and oxygen atoms in total. The molecule has 0 heterocycles. The van der Waals surface area contributed by atoms with E-state index < -0.39 is 0 Å². The van der Waals surface area contributed by atoms with E-state index in [2.05, 4.69) is 19.2 Å². The van der Waals surface area contributed by atoms with Crippen LogP contribution in [0.5, 0.6) is 0 Å². The maximum Gasteiger partial charge on any atom is 0.0746 e. The van der Waals surface area contributed by atoms with Crippen LogP contribution in [0.4, 0.5) is 0 Å². The Balaban J connectivity index is 2.32. The van der Waals surface area contributed by atoms with Crippen LogP contribution in [-0.4, -0.2) is 19.2 Å². The van der Waals surface area contributed by atoms with E-state index in [0.717, 1.165) is 12.1 Å². The standard InChI is InChI=1S/C12H17Cl2NO/c1-9(2)15-6-7-16-8-10-11(13)4-3-5-12(10)14/h3-5,9,15H,6-8H2,1-2H3. The van der Waals surface area contributed by atoms with Gasteiger partial charge in [-0.3, -0.25) is 0 Å². The first-order valence-electron chi connectivity index (χ1n) is 5.35. The second kappa shape index (κ2) is 7.13. The van der Waals surface area contributed by atoms with Crippen LogP contribution in [0.25, 0.3) is 0 Å². The third-order valence-electron chi connectivity index (χ3n) is 2.11. The van der Waals surface area contributed by atoms with E-state index in [0.29, 0.717) is 29.3 Å². The highest BCUT2D eigenvalue weighted by atomic mass is 35.5. The first-order chi connectivity index (χ1) is 7.61. The van der Waals surface area contributed by atoms with Gasteiger partial charge in [0.1, 0.15) is 0 Å². The van der Waals surface area contributed by atoms with Crippen LogP contribution in [0.2, 0.25) is 10.0 Å². The van der Waals surface area contributed by atoms with Gasteiger partial charge in [-0.15, -0.1) is 0 Å². The van der Waals surface area contributed by atoms with Gasteiger partial charge in [0.05, 0.1) is 13.2 Å². The third-order valence-corrected chi connectivity index (χ3v) is 2.82. The van der Waals surface area contributed by atoms with Gasteiger partial charge in [0.25, 0.3) is 0 Å². The van der Waals surface area contributed by atoms with Crippen molar-refractivity contribution in [1.29, 1.82) is 0 Å². The first-order valence-corrected chi connectivity index (χ1v) is 6.11. The highest BCUT2D eigenvalue weighted by molar-refractivity contribution is 6.35. The molecule has 0 fully saturated rings. The quantitative estimate of drug-likeness (QED) is 0.792. The van der Waals surface area contributed by atoms with Crippen molar-refractivity contribution in [1.82, 2.24) is 5.32 Å². The molecular formula is C12H17Cl2NO. The Hall–Kier alpha value is -0.280. The lowest BCUT2D eigenvalue weighted by atomic mass is 10.2. The van der Waals surface area contributed by atoms with Gasteiger partial charge in [-0.2, -0.15) is 0 Å². The van der Waals surface area contributed by atoms with Crippen molar-refractivity contribution in [2.45, 2.75) is 26.5 Å². The summed E-state index contributed by atoms with van der Waals surface area (Å²) in [6.45, 7) is 6.15. The zero-order valence-corrected chi connectivity index (χ0v) is 11.1. The zero-order valence-electron chi connectivity index (χ0n) is 9.59. The average Bonchev–Trinajstić information content (AvgIpc) is 2.21. The van der Waals surface area contributed by atoms with Crippen LogP contribution in [0.1, 0.15) is 19.4 Å². The summed E-state index contributed by atoms with van der Waals surface area (Å²) >= 11 is 12.0. The Morgan fingerprint density at radius 3 is 2.44 bits per heavy atom. The molecule has 1 aromatic carbocycles. The monoisotopic (exact) mass is 261 g/mol. The Kier molecular flexibility index (Phi) is 6.14. The molecule has 4 heteroatoms. The molecule has 0 spiro atoms. The fourth-order valence-corrected chi connectivity index (χ4v) is 1.77. The summed E-state index contributed by atoms with van der Waals surface area (Å²) in [5.41, 5.74) is 0.857. The van der Waals surface area contributed by atoms with Gasteiger partial charge in [0.2, 0.25) is 0 Å². The number of nitrogens with one attached hydrogen (secondary N) is 1. The van der Waals surface area contributed by atoms with Gasteiger partial charge >= 0.3 is 0 Å². The van der Waals surface area contributed by atoms with Gasteiger partial charge in [0, 0.05) is 28.2 Å². The third kappa shape index (κ3) is 4.71. The summed E-state index contributed by atoms with van der Waals surface area (Å²) in [6.07, 6.45) is 0. The second-order valence-corrected chi connectivity index (χ2v) is 4.68. The molecule has 0 amide bonds. The molecule has 0 bridgehead atoms. The van der Waals surface area contributed by atoms with Crippen molar-refractivity contribution in [2.75, 3.05) is 13.2 Å². The number of benzene rings is 1. The Morgan fingerprint density at radius 2 is 1.88 bits per heavy atom. The van der Waals surface area contributed by atoms with E-state index >= 15 is 0 Å². The minimum absolute atomic E-state index is 0.457. The number of ether oxygens (including phenoxy) is 1. The van der Waals surface area contributed by atoms with Crippen molar-refractivity contribution >= 4 is 23.2 Å². The van der Waals surface area contributed by atoms with Crippen molar-refractivity contribution in [2.24, 2.45) is 0 Å². The molecule has 16 heavy (non-hydrogen) atoms. The lowest BCUT2D eigenvalue weighted by molar-refractivity contribution is 0.121. The number of halogens is 2. The fourth-order valence-electron chi connectivity index (χ4n) is 1.26. The summed E-state index contributed by atoms with van der Waals surface area (Å²) in [4.78, 5) is 0. The summed E-state index contributed by atoms with van der Waals surface area (Å²) in [5, 5.41) is 4.58. The van der Waals surface area contributed by atoms with Crippen LogP contribution in [0.3, 0.4) is 0 Å². The molecular weight excluding hydrogens is 245 g/mol. The van der Waals surface area contributed by atoms with Crippen LogP contribution >= 0.6 is 23.2 Å². The Bertz CT molecular complexity index is 309. The molecule has 90 valence electrons. The van der Waals surface area contributed by atoms with Gasteiger partial charge in [0.15, 0.2) is 0 Å². The first kappa shape index (κ1) is 13.8. The molecule has 0 aromatic heterocycles. The van der Waals surface area contributed by atoms with Crippen molar-refractivity contribution in [3.8, 4) is 0 Å². The molecule has 0 aliphatic heterocycles. The van der Waals surface area contributed by atoms with Crippen LogP contribution in [0, 0.1) is 0 Å². The normalized spacial score (nSPS) is 11.1. The zero-order chi connectivity index (χ0) is 12.0. The van der Waals surface area contributed by atoms with Crippen LogP contribution in [-0.2, 0) is 11.3 Å². The second-order valence-electron chi connectivity index (χ2n) is 3.86. The van der Waals surface area contributed by atoms with E-state index in [1.54, 1.807) is 0 Å². The predicted molar refractivity (Wildman–Crippen MR) is 69.3 cm³/mol. The highest BCUT2D eigenvalue weighted by Gasteiger charge is 2.04. The van der Waals surface area contributed by atoms with E-state index in [4.69, 9.17) is 27.9 Å². The van der Waals surface area contributed by atoms with Crippen molar-refractivity contribution in [3.05, 3.63) is 33.8 Å². The Labute approximate surface area is 107 Å². The van der Waals surface area contributed by atoms with Crippen molar-refractivity contribution < 1.29 is 4.74 Å². The summed E-state index contributed by atoms with van der Waals surface area (Å²) in [5.74, 6) is 0. The van der Waals surface area contributed by atoms with E-state index in [1.807, 2.05) is 18.2 Å².